The number of H-pyrrole nitrogens is 1. The molecule has 0 saturated carbocycles. The van der Waals surface area contributed by atoms with Crippen LogP contribution in [-0.2, 0) is 9.53 Å². The summed E-state index contributed by atoms with van der Waals surface area (Å²) in [5.74, 6) is -1.41. The molecule has 3 rings (SSSR count). The van der Waals surface area contributed by atoms with Crippen molar-refractivity contribution in [2.75, 3.05) is 20.8 Å². The number of carboxylic acid groups (broad SMARTS) is 1. The van der Waals surface area contributed by atoms with Crippen molar-refractivity contribution in [1.29, 1.82) is 0 Å². The number of hydrogen-bond acceptors (Lipinski definition) is 4. The molecule has 1 aliphatic heterocycles. The van der Waals surface area contributed by atoms with E-state index in [-0.39, 0.29) is 29.6 Å². The second kappa shape index (κ2) is 6.72. The summed E-state index contributed by atoms with van der Waals surface area (Å²) in [4.78, 5) is 28.2. The second-order valence-electron chi connectivity index (χ2n) is 6.02. The third-order valence-corrected chi connectivity index (χ3v) is 4.53. The molecule has 0 radical (unpaired) electrons. The zero-order valence-corrected chi connectivity index (χ0v) is 13.9. The van der Waals surface area contributed by atoms with Crippen LogP contribution in [0.1, 0.15) is 23.3 Å². The maximum absolute atomic E-state index is 14.0. The number of carbonyl (C=O) groups excluding carboxylic acids is 1. The number of benzene rings is 1. The highest BCUT2D eigenvalue weighted by Gasteiger charge is 2.37. The van der Waals surface area contributed by atoms with Crippen molar-refractivity contribution in [3.63, 3.8) is 0 Å². The van der Waals surface area contributed by atoms with Crippen LogP contribution in [-0.4, -0.2) is 59.8 Å². The van der Waals surface area contributed by atoms with Gasteiger partial charge in [-0.3, -0.25) is 9.59 Å². The quantitative estimate of drug-likeness (QED) is 0.861. The van der Waals surface area contributed by atoms with Crippen LogP contribution in [0.25, 0.3) is 10.9 Å². The van der Waals surface area contributed by atoms with Gasteiger partial charge < -0.3 is 24.5 Å². The molecule has 25 heavy (non-hydrogen) atoms. The minimum absolute atomic E-state index is 0.163. The van der Waals surface area contributed by atoms with Crippen LogP contribution in [0.2, 0.25) is 0 Å². The van der Waals surface area contributed by atoms with Crippen molar-refractivity contribution in [2.24, 2.45) is 0 Å². The number of amides is 1. The van der Waals surface area contributed by atoms with Gasteiger partial charge in [0.2, 0.25) is 0 Å². The number of ether oxygens (including phenoxy) is 2. The first kappa shape index (κ1) is 17.2. The highest BCUT2D eigenvalue weighted by Crippen LogP contribution is 2.30. The predicted octanol–water partition coefficient (Wildman–Crippen LogP) is 2.02. The first-order valence-electron chi connectivity index (χ1n) is 7.85. The first-order valence-corrected chi connectivity index (χ1v) is 7.85. The van der Waals surface area contributed by atoms with Crippen LogP contribution >= 0.6 is 0 Å². The molecule has 8 heteroatoms. The van der Waals surface area contributed by atoms with Crippen LogP contribution in [0.15, 0.2) is 18.2 Å². The van der Waals surface area contributed by atoms with Gasteiger partial charge in [0, 0.05) is 25.1 Å². The fraction of sp³-hybridized carbons (Fsp3) is 0.412. The Balaban J connectivity index is 1.95. The van der Waals surface area contributed by atoms with E-state index in [2.05, 4.69) is 4.98 Å². The molecule has 0 aliphatic carbocycles. The monoisotopic (exact) mass is 350 g/mol. The minimum atomic E-state index is -0.982. The number of carbonyl (C=O) groups is 2. The molecular formula is C17H19FN2O5. The number of aliphatic carboxylic acids is 1. The summed E-state index contributed by atoms with van der Waals surface area (Å²) in [6, 6.07) is 3.81. The molecule has 1 saturated heterocycles. The van der Waals surface area contributed by atoms with E-state index < -0.39 is 17.8 Å². The van der Waals surface area contributed by atoms with E-state index in [9.17, 15) is 14.0 Å². The Morgan fingerprint density at radius 2 is 2.16 bits per heavy atom. The Morgan fingerprint density at radius 3 is 2.80 bits per heavy atom. The van der Waals surface area contributed by atoms with Crippen LogP contribution < -0.4 is 4.74 Å². The molecule has 2 N–H and O–H groups in total. The van der Waals surface area contributed by atoms with E-state index in [1.165, 1.54) is 37.3 Å². The number of aromatic amines is 1. The van der Waals surface area contributed by atoms with Gasteiger partial charge in [0.05, 0.1) is 25.2 Å². The summed E-state index contributed by atoms with van der Waals surface area (Å²) < 4.78 is 24.5. The number of aromatic nitrogens is 1. The molecule has 2 heterocycles. The minimum Gasteiger partial charge on any atom is -0.496 e. The van der Waals surface area contributed by atoms with Gasteiger partial charge in [0.25, 0.3) is 5.91 Å². The second-order valence-corrected chi connectivity index (χ2v) is 6.02. The maximum Gasteiger partial charge on any atom is 0.305 e. The number of hydrogen-bond donors (Lipinski definition) is 2. The molecule has 1 aliphatic rings. The Labute approximate surface area is 143 Å². The number of fused-ring (bicyclic) bond motifs is 1. The number of halogens is 1. The summed E-state index contributed by atoms with van der Waals surface area (Å²) in [5, 5.41) is 9.53. The lowest BCUT2D eigenvalue weighted by Gasteiger charge is -2.22. The molecule has 1 aromatic carbocycles. The van der Waals surface area contributed by atoms with Crippen LogP contribution in [0.5, 0.6) is 5.75 Å². The number of likely N-dealkylation sites (tertiary alicyclic amines) is 1. The van der Waals surface area contributed by atoms with Gasteiger partial charge in [-0.15, -0.1) is 0 Å². The Kier molecular flexibility index (Phi) is 4.63. The lowest BCUT2D eigenvalue weighted by molar-refractivity contribution is -0.138. The van der Waals surface area contributed by atoms with Crippen molar-refractivity contribution in [3.05, 3.63) is 29.7 Å². The van der Waals surface area contributed by atoms with E-state index in [1.807, 2.05) is 0 Å². The predicted molar refractivity (Wildman–Crippen MR) is 87.3 cm³/mol. The zero-order chi connectivity index (χ0) is 18.1. The van der Waals surface area contributed by atoms with Gasteiger partial charge >= 0.3 is 5.97 Å². The van der Waals surface area contributed by atoms with Gasteiger partial charge in [-0.25, -0.2) is 4.39 Å². The Bertz CT molecular complexity index is 819. The zero-order valence-electron chi connectivity index (χ0n) is 13.9. The molecule has 2 aromatic rings. The summed E-state index contributed by atoms with van der Waals surface area (Å²) in [6.45, 7) is 0.294. The van der Waals surface area contributed by atoms with E-state index in [0.29, 0.717) is 24.1 Å². The number of methoxy groups -OCH3 is 2. The van der Waals surface area contributed by atoms with Gasteiger partial charge in [-0.2, -0.15) is 0 Å². The summed E-state index contributed by atoms with van der Waals surface area (Å²) in [5.41, 5.74) is 0.366. The highest BCUT2D eigenvalue weighted by atomic mass is 19.1. The third-order valence-electron chi connectivity index (χ3n) is 4.53. The van der Waals surface area contributed by atoms with E-state index >= 15 is 0 Å². The van der Waals surface area contributed by atoms with Gasteiger partial charge in [0.1, 0.15) is 17.3 Å². The molecular weight excluding hydrogens is 331 g/mol. The van der Waals surface area contributed by atoms with Gasteiger partial charge in [-0.1, -0.05) is 0 Å². The summed E-state index contributed by atoms with van der Waals surface area (Å²) >= 11 is 0. The molecule has 0 spiro atoms. The average molecular weight is 350 g/mol. The summed E-state index contributed by atoms with van der Waals surface area (Å²) in [7, 11) is 2.99. The van der Waals surface area contributed by atoms with Gasteiger partial charge in [0.15, 0.2) is 0 Å². The molecule has 2 unspecified atom stereocenters. The maximum atomic E-state index is 14.0. The van der Waals surface area contributed by atoms with Crippen molar-refractivity contribution in [3.8, 4) is 5.75 Å². The lowest BCUT2D eigenvalue weighted by atomic mass is 10.1. The topological polar surface area (TPSA) is 91.9 Å². The van der Waals surface area contributed by atoms with Crippen molar-refractivity contribution in [2.45, 2.75) is 25.0 Å². The molecule has 7 nitrogen and oxygen atoms in total. The molecule has 2 atom stereocenters. The number of nitrogens with one attached hydrogen (secondary N) is 1. The molecule has 1 fully saturated rings. The van der Waals surface area contributed by atoms with Gasteiger partial charge in [-0.05, 0) is 24.6 Å². The number of rotatable bonds is 5. The first-order chi connectivity index (χ1) is 11.9. The largest absolute Gasteiger partial charge is 0.496 e. The number of carboxylic acids is 1. The fourth-order valence-electron chi connectivity index (χ4n) is 3.30. The standard InChI is InChI=1S/C17H19FN2O5/c1-24-10-5-9(6-15(21)22)20(8-10)17(23)13-7-11-14(25-2)4-3-12(18)16(11)19-13/h3-4,7,9-10,19H,5-6,8H2,1-2H3,(H,21,22). The Hall–Kier alpha value is -2.61. The SMILES string of the molecule is COc1ccc(F)c2[nH]c(C(=O)N3CC(OC)CC3CC(=O)O)cc12. The van der Waals surface area contributed by atoms with Crippen LogP contribution in [0.4, 0.5) is 4.39 Å². The number of nitrogens with zero attached hydrogens (tertiary/aromatic N) is 1. The lowest BCUT2D eigenvalue weighted by Crippen LogP contribution is -2.37. The molecule has 1 aromatic heterocycles. The van der Waals surface area contributed by atoms with E-state index in [4.69, 9.17) is 14.6 Å². The van der Waals surface area contributed by atoms with Crippen molar-refractivity contribution in [1.82, 2.24) is 9.88 Å². The van der Waals surface area contributed by atoms with Crippen molar-refractivity contribution < 1.29 is 28.6 Å². The van der Waals surface area contributed by atoms with Crippen molar-refractivity contribution >= 4 is 22.8 Å². The molecule has 0 bridgehead atoms. The normalized spacial score (nSPS) is 20.2. The van der Waals surface area contributed by atoms with Crippen LogP contribution in [0, 0.1) is 5.82 Å². The fourth-order valence-corrected chi connectivity index (χ4v) is 3.30. The van der Waals surface area contributed by atoms with E-state index in [1.54, 1.807) is 0 Å². The van der Waals surface area contributed by atoms with E-state index in [0.717, 1.165) is 0 Å². The van der Waals surface area contributed by atoms with Crippen LogP contribution in [0.3, 0.4) is 0 Å². The average Bonchev–Trinajstić information content (AvgIpc) is 3.19. The summed E-state index contributed by atoms with van der Waals surface area (Å²) in [6.07, 6.45) is 0.0691. The molecule has 134 valence electrons. The third kappa shape index (κ3) is 3.17. The molecule has 1 amide bonds. The Morgan fingerprint density at radius 1 is 1.40 bits per heavy atom. The highest BCUT2D eigenvalue weighted by molar-refractivity contribution is 6.00. The smallest absolute Gasteiger partial charge is 0.305 e.